The summed E-state index contributed by atoms with van der Waals surface area (Å²) in [5.74, 6) is -0.668. The van der Waals surface area contributed by atoms with E-state index in [2.05, 4.69) is 4.98 Å². The van der Waals surface area contributed by atoms with Crippen molar-refractivity contribution in [1.82, 2.24) is 9.38 Å². The molecule has 0 radical (unpaired) electrons. The molecule has 3 rings (SSSR count). The van der Waals surface area contributed by atoms with Crippen molar-refractivity contribution in [2.24, 2.45) is 5.73 Å². The van der Waals surface area contributed by atoms with E-state index in [-0.39, 0.29) is 18.2 Å². The van der Waals surface area contributed by atoms with Gasteiger partial charge in [-0.3, -0.25) is 4.40 Å². The number of nitrogens with zero attached hydrogens (tertiary/aromatic N) is 2. The molecule has 0 saturated carbocycles. The summed E-state index contributed by atoms with van der Waals surface area (Å²) < 4.78 is 27.8. The molecule has 2 N–H and O–H groups in total. The predicted molar refractivity (Wildman–Crippen MR) is 68.4 cm³/mol. The number of pyridine rings is 1. The third kappa shape index (κ3) is 1.98. The predicted octanol–water partition coefficient (Wildman–Crippen LogP) is 2.74. The van der Waals surface area contributed by atoms with Crippen LogP contribution in [0.25, 0.3) is 16.9 Å². The van der Waals surface area contributed by atoms with Gasteiger partial charge in [0.2, 0.25) is 0 Å². The molecule has 0 amide bonds. The van der Waals surface area contributed by atoms with E-state index in [0.717, 1.165) is 5.56 Å². The van der Waals surface area contributed by atoms with E-state index in [0.29, 0.717) is 17.0 Å². The zero-order valence-corrected chi connectivity index (χ0v) is 9.98. The highest BCUT2D eigenvalue weighted by molar-refractivity contribution is 5.66. The van der Waals surface area contributed by atoms with E-state index in [9.17, 15) is 8.78 Å². The maximum Gasteiger partial charge on any atom is 0.139 e. The maximum absolute atomic E-state index is 13.3. The highest BCUT2D eigenvalue weighted by Gasteiger charge is 2.13. The van der Waals surface area contributed by atoms with Gasteiger partial charge in [0.25, 0.3) is 0 Å². The summed E-state index contributed by atoms with van der Waals surface area (Å²) in [5, 5.41) is 0. The monoisotopic (exact) mass is 259 g/mol. The lowest BCUT2D eigenvalue weighted by Gasteiger charge is -2.02. The molecular weight excluding hydrogens is 248 g/mol. The Morgan fingerprint density at radius 1 is 1.00 bits per heavy atom. The smallest absolute Gasteiger partial charge is 0.139 e. The molecule has 0 spiro atoms. The van der Waals surface area contributed by atoms with Gasteiger partial charge in [0.1, 0.15) is 17.3 Å². The fourth-order valence-electron chi connectivity index (χ4n) is 2.10. The van der Waals surface area contributed by atoms with Crippen molar-refractivity contribution < 1.29 is 8.78 Å². The minimum atomic E-state index is -0.356. The molecule has 0 saturated heterocycles. The summed E-state index contributed by atoms with van der Waals surface area (Å²) in [5.41, 5.74) is 8.43. The van der Waals surface area contributed by atoms with Crippen molar-refractivity contribution in [3.05, 3.63) is 59.9 Å². The number of rotatable bonds is 2. The van der Waals surface area contributed by atoms with Crippen LogP contribution in [0.5, 0.6) is 0 Å². The Labute approximate surface area is 108 Å². The van der Waals surface area contributed by atoms with Crippen LogP contribution in [0, 0.1) is 11.6 Å². The number of nitrogens with two attached hydrogens (primary N) is 1. The molecule has 0 fully saturated rings. The molecule has 0 bridgehead atoms. The second-order valence-corrected chi connectivity index (χ2v) is 4.19. The second-order valence-electron chi connectivity index (χ2n) is 4.19. The topological polar surface area (TPSA) is 43.3 Å². The number of imidazole rings is 1. The van der Waals surface area contributed by atoms with Gasteiger partial charge in [0.05, 0.1) is 11.4 Å². The Balaban J connectivity index is 2.25. The second kappa shape index (κ2) is 4.44. The molecule has 0 aliphatic heterocycles. The van der Waals surface area contributed by atoms with Crippen molar-refractivity contribution >= 4 is 5.65 Å². The Bertz CT molecular complexity index is 732. The zero-order valence-electron chi connectivity index (χ0n) is 9.98. The summed E-state index contributed by atoms with van der Waals surface area (Å²) in [6.45, 7) is 0.220. The van der Waals surface area contributed by atoms with Crippen LogP contribution in [0.2, 0.25) is 0 Å². The van der Waals surface area contributed by atoms with Gasteiger partial charge in [-0.1, -0.05) is 0 Å². The van der Waals surface area contributed by atoms with Crippen LogP contribution in [0.15, 0.2) is 42.6 Å². The SMILES string of the molecule is NCc1c(-c2ccc(F)cc2)nc2ccc(F)cn12. The molecule has 2 heterocycles. The lowest BCUT2D eigenvalue weighted by molar-refractivity contribution is 0.618. The number of hydrogen-bond acceptors (Lipinski definition) is 2. The Morgan fingerprint density at radius 3 is 2.37 bits per heavy atom. The number of benzene rings is 1. The van der Waals surface area contributed by atoms with Gasteiger partial charge in [0.15, 0.2) is 0 Å². The summed E-state index contributed by atoms with van der Waals surface area (Å²) in [6.07, 6.45) is 1.34. The van der Waals surface area contributed by atoms with Crippen LogP contribution < -0.4 is 5.73 Å². The van der Waals surface area contributed by atoms with Gasteiger partial charge in [-0.25, -0.2) is 13.8 Å². The Hall–Kier alpha value is -2.27. The average molecular weight is 259 g/mol. The quantitative estimate of drug-likeness (QED) is 0.769. The molecule has 1 aromatic carbocycles. The van der Waals surface area contributed by atoms with Gasteiger partial charge in [-0.15, -0.1) is 0 Å². The lowest BCUT2D eigenvalue weighted by Crippen LogP contribution is -2.02. The van der Waals surface area contributed by atoms with Crippen molar-refractivity contribution in [3.63, 3.8) is 0 Å². The highest BCUT2D eigenvalue weighted by atomic mass is 19.1. The van der Waals surface area contributed by atoms with E-state index in [4.69, 9.17) is 5.73 Å². The first-order valence-electron chi connectivity index (χ1n) is 5.81. The number of hydrogen-bond donors (Lipinski definition) is 1. The van der Waals surface area contributed by atoms with Crippen molar-refractivity contribution in [3.8, 4) is 11.3 Å². The van der Waals surface area contributed by atoms with Crippen LogP contribution in [0.1, 0.15) is 5.69 Å². The molecule has 0 aliphatic carbocycles. The number of fused-ring (bicyclic) bond motifs is 1. The molecule has 3 aromatic rings. The molecule has 0 aliphatic rings. The van der Waals surface area contributed by atoms with E-state index in [1.54, 1.807) is 22.6 Å². The summed E-state index contributed by atoms with van der Waals surface area (Å²) >= 11 is 0. The fourth-order valence-corrected chi connectivity index (χ4v) is 2.10. The molecule has 5 heteroatoms. The average Bonchev–Trinajstić information content (AvgIpc) is 2.77. The largest absolute Gasteiger partial charge is 0.325 e. The van der Waals surface area contributed by atoms with E-state index >= 15 is 0 Å². The van der Waals surface area contributed by atoms with Crippen molar-refractivity contribution in [2.75, 3.05) is 0 Å². The summed E-state index contributed by atoms with van der Waals surface area (Å²) in [6, 6.07) is 8.91. The first-order chi connectivity index (χ1) is 9.19. The van der Waals surface area contributed by atoms with Crippen LogP contribution in [0.3, 0.4) is 0 Å². The molecule has 3 nitrogen and oxygen atoms in total. The molecule has 19 heavy (non-hydrogen) atoms. The summed E-state index contributed by atoms with van der Waals surface area (Å²) in [7, 11) is 0. The molecule has 2 aromatic heterocycles. The first-order valence-corrected chi connectivity index (χ1v) is 5.81. The minimum Gasteiger partial charge on any atom is -0.325 e. The van der Waals surface area contributed by atoms with E-state index in [1.165, 1.54) is 24.4 Å². The van der Waals surface area contributed by atoms with Crippen molar-refractivity contribution in [2.45, 2.75) is 6.54 Å². The molecule has 96 valence electrons. The fraction of sp³-hybridized carbons (Fsp3) is 0.0714. The Morgan fingerprint density at radius 2 is 1.68 bits per heavy atom. The minimum absolute atomic E-state index is 0.220. The van der Waals surface area contributed by atoms with Gasteiger partial charge in [-0.05, 0) is 36.4 Å². The van der Waals surface area contributed by atoms with E-state index < -0.39 is 0 Å². The third-order valence-electron chi connectivity index (χ3n) is 2.99. The van der Waals surface area contributed by atoms with Gasteiger partial charge >= 0.3 is 0 Å². The van der Waals surface area contributed by atoms with Crippen LogP contribution in [0.4, 0.5) is 8.78 Å². The van der Waals surface area contributed by atoms with Gasteiger partial charge in [-0.2, -0.15) is 0 Å². The first kappa shape index (κ1) is 11.8. The highest BCUT2D eigenvalue weighted by Crippen LogP contribution is 2.24. The molecule has 0 unspecified atom stereocenters. The standard InChI is InChI=1S/C14H11F2N3/c15-10-3-1-9(2-4-10)14-12(7-17)19-8-11(16)5-6-13(19)18-14/h1-6,8H,7,17H2. The third-order valence-corrected chi connectivity index (χ3v) is 2.99. The van der Waals surface area contributed by atoms with Crippen molar-refractivity contribution in [1.29, 1.82) is 0 Å². The maximum atomic E-state index is 13.3. The van der Waals surface area contributed by atoms with Crippen LogP contribution >= 0.6 is 0 Å². The number of halogens is 2. The van der Waals surface area contributed by atoms with Crippen LogP contribution in [-0.4, -0.2) is 9.38 Å². The normalized spacial score (nSPS) is 11.1. The van der Waals surface area contributed by atoms with Crippen LogP contribution in [-0.2, 0) is 6.54 Å². The molecular formula is C14H11F2N3. The van der Waals surface area contributed by atoms with Gasteiger partial charge in [0, 0.05) is 18.3 Å². The molecule has 0 atom stereocenters. The van der Waals surface area contributed by atoms with Gasteiger partial charge < -0.3 is 5.73 Å². The summed E-state index contributed by atoms with van der Waals surface area (Å²) in [4.78, 5) is 4.42. The zero-order chi connectivity index (χ0) is 13.4. The lowest BCUT2D eigenvalue weighted by atomic mass is 10.1. The van der Waals surface area contributed by atoms with E-state index in [1.807, 2.05) is 0 Å². The Kier molecular flexibility index (Phi) is 2.76. The number of aromatic nitrogens is 2.